The lowest BCUT2D eigenvalue weighted by atomic mass is 9.99. The molecule has 1 saturated heterocycles. The second-order valence-electron chi connectivity index (χ2n) is 5.56. The second-order valence-corrected chi connectivity index (χ2v) is 5.56. The third-order valence-electron chi connectivity index (χ3n) is 3.71. The van der Waals surface area contributed by atoms with Crippen LogP contribution in [0.4, 0.5) is 5.82 Å². The molecule has 0 aromatic carbocycles. The summed E-state index contributed by atoms with van der Waals surface area (Å²) in [6.45, 7) is 5.73. The molecule has 1 atom stereocenters. The Kier molecular flexibility index (Phi) is 4.58. The molecule has 0 bridgehead atoms. The van der Waals surface area contributed by atoms with E-state index in [0.717, 1.165) is 37.4 Å². The molecular weight excluding hydrogens is 240 g/mol. The maximum Gasteiger partial charge on any atom is 0.252 e. The molecule has 5 nitrogen and oxygen atoms in total. The molecule has 1 aliphatic heterocycles. The van der Waals surface area contributed by atoms with Crippen LogP contribution in [0.2, 0.25) is 0 Å². The average Bonchev–Trinajstić information content (AvgIpc) is 2.39. The quantitative estimate of drug-likeness (QED) is 0.866. The summed E-state index contributed by atoms with van der Waals surface area (Å²) in [5.41, 5.74) is 5.63. The van der Waals surface area contributed by atoms with Crippen molar-refractivity contribution in [1.29, 1.82) is 0 Å². The first-order chi connectivity index (χ1) is 9.11. The molecule has 106 valence electrons. The molecule has 0 aliphatic carbocycles. The van der Waals surface area contributed by atoms with Crippen LogP contribution in [-0.2, 0) is 0 Å². The summed E-state index contributed by atoms with van der Waals surface area (Å²) >= 11 is 0. The summed E-state index contributed by atoms with van der Waals surface area (Å²) in [5, 5.41) is 0. The molecule has 0 radical (unpaired) electrons. The number of nitrogens with zero attached hydrogens (tertiary/aromatic N) is 2. The molecule has 1 aromatic rings. The van der Waals surface area contributed by atoms with E-state index >= 15 is 0 Å². The van der Waals surface area contributed by atoms with Crippen molar-refractivity contribution < 1.29 is 0 Å². The van der Waals surface area contributed by atoms with E-state index in [1.807, 2.05) is 13.8 Å². The number of anilines is 1. The van der Waals surface area contributed by atoms with Gasteiger partial charge in [0.15, 0.2) is 0 Å². The van der Waals surface area contributed by atoms with Crippen LogP contribution in [-0.4, -0.2) is 29.1 Å². The van der Waals surface area contributed by atoms with Gasteiger partial charge in [-0.1, -0.05) is 13.8 Å². The van der Waals surface area contributed by atoms with Gasteiger partial charge in [0, 0.05) is 24.6 Å². The fourth-order valence-corrected chi connectivity index (χ4v) is 2.68. The van der Waals surface area contributed by atoms with Crippen LogP contribution in [0.5, 0.6) is 0 Å². The summed E-state index contributed by atoms with van der Waals surface area (Å²) < 4.78 is 0. The van der Waals surface area contributed by atoms with Crippen LogP contribution in [0.1, 0.15) is 51.3 Å². The first-order valence-corrected chi connectivity index (χ1v) is 7.19. The molecule has 1 fully saturated rings. The largest absolute Gasteiger partial charge is 0.353 e. The van der Waals surface area contributed by atoms with Gasteiger partial charge in [-0.3, -0.25) is 4.79 Å². The Morgan fingerprint density at radius 1 is 1.53 bits per heavy atom. The van der Waals surface area contributed by atoms with Crippen molar-refractivity contribution in [3.63, 3.8) is 0 Å². The number of piperidine rings is 1. The summed E-state index contributed by atoms with van der Waals surface area (Å²) in [4.78, 5) is 21.5. The van der Waals surface area contributed by atoms with Gasteiger partial charge >= 0.3 is 0 Å². The van der Waals surface area contributed by atoms with E-state index < -0.39 is 0 Å². The fraction of sp³-hybridized carbons (Fsp3) is 0.714. The van der Waals surface area contributed by atoms with Crippen molar-refractivity contribution in [2.45, 2.75) is 51.5 Å². The van der Waals surface area contributed by atoms with E-state index in [-0.39, 0.29) is 11.5 Å². The SMILES string of the molecule is CC(C)c1nc(N2CCCCC2CCN)cc(=O)[nH]1. The van der Waals surface area contributed by atoms with Gasteiger partial charge in [-0.25, -0.2) is 4.98 Å². The van der Waals surface area contributed by atoms with Crippen molar-refractivity contribution in [2.75, 3.05) is 18.0 Å². The van der Waals surface area contributed by atoms with Crippen LogP contribution >= 0.6 is 0 Å². The lowest BCUT2D eigenvalue weighted by Gasteiger charge is -2.36. The highest BCUT2D eigenvalue weighted by Gasteiger charge is 2.23. The van der Waals surface area contributed by atoms with Crippen molar-refractivity contribution >= 4 is 5.82 Å². The van der Waals surface area contributed by atoms with Gasteiger partial charge in [-0.05, 0) is 32.2 Å². The molecule has 19 heavy (non-hydrogen) atoms. The number of aromatic nitrogens is 2. The highest BCUT2D eigenvalue weighted by atomic mass is 16.1. The molecule has 1 aliphatic rings. The number of hydrogen-bond acceptors (Lipinski definition) is 4. The van der Waals surface area contributed by atoms with E-state index in [2.05, 4.69) is 14.9 Å². The third kappa shape index (κ3) is 3.35. The molecule has 2 rings (SSSR count). The van der Waals surface area contributed by atoms with Gasteiger partial charge < -0.3 is 15.6 Å². The minimum Gasteiger partial charge on any atom is -0.353 e. The van der Waals surface area contributed by atoms with E-state index in [9.17, 15) is 4.79 Å². The summed E-state index contributed by atoms with van der Waals surface area (Å²) in [6.07, 6.45) is 4.50. The summed E-state index contributed by atoms with van der Waals surface area (Å²) in [5.74, 6) is 1.80. The maximum absolute atomic E-state index is 11.8. The zero-order valence-corrected chi connectivity index (χ0v) is 11.9. The standard InChI is InChI=1S/C14H24N4O/c1-10(2)14-16-12(9-13(19)17-14)18-8-4-3-5-11(18)6-7-15/h9-11H,3-8,15H2,1-2H3,(H,16,17,19). The Bertz CT molecular complexity index is 467. The van der Waals surface area contributed by atoms with Gasteiger partial charge in [0.2, 0.25) is 0 Å². The Morgan fingerprint density at radius 2 is 2.32 bits per heavy atom. The van der Waals surface area contributed by atoms with Gasteiger partial charge in [-0.15, -0.1) is 0 Å². The number of rotatable bonds is 4. The van der Waals surface area contributed by atoms with Crippen LogP contribution in [0.15, 0.2) is 10.9 Å². The van der Waals surface area contributed by atoms with E-state index in [0.29, 0.717) is 12.6 Å². The first kappa shape index (κ1) is 14.1. The third-order valence-corrected chi connectivity index (χ3v) is 3.71. The van der Waals surface area contributed by atoms with E-state index in [1.165, 1.54) is 6.42 Å². The van der Waals surface area contributed by atoms with Crippen LogP contribution in [0, 0.1) is 0 Å². The van der Waals surface area contributed by atoms with Crippen molar-refractivity contribution in [1.82, 2.24) is 9.97 Å². The predicted molar refractivity (Wildman–Crippen MR) is 77.6 cm³/mol. The second kappa shape index (κ2) is 6.19. The number of nitrogens with one attached hydrogen (secondary N) is 1. The molecule has 0 amide bonds. The van der Waals surface area contributed by atoms with Crippen molar-refractivity contribution in [2.24, 2.45) is 5.73 Å². The minimum atomic E-state index is -0.0641. The van der Waals surface area contributed by atoms with Crippen LogP contribution in [0.3, 0.4) is 0 Å². The Morgan fingerprint density at radius 3 is 3.00 bits per heavy atom. The topological polar surface area (TPSA) is 75.0 Å². The van der Waals surface area contributed by atoms with Crippen LogP contribution in [0.25, 0.3) is 0 Å². The molecule has 3 N–H and O–H groups in total. The maximum atomic E-state index is 11.8. The van der Waals surface area contributed by atoms with Gasteiger partial charge in [0.1, 0.15) is 11.6 Å². The molecule has 0 saturated carbocycles. The number of H-pyrrole nitrogens is 1. The molecule has 1 unspecified atom stereocenters. The number of aromatic amines is 1. The van der Waals surface area contributed by atoms with Gasteiger partial charge in [-0.2, -0.15) is 0 Å². The number of hydrogen-bond donors (Lipinski definition) is 2. The lowest BCUT2D eigenvalue weighted by molar-refractivity contribution is 0.438. The molecule has 2 heterocycles. The predicted octanol–water partition coefficient (Wildman–Crippen LogP) is 1.60. The smallest absolute Gasteiger partial charge is 0.252 e. The average molecular weight is 264 g/mol. The zero-order chi connectivity index (χ0) is 13.8. The van der Waals surface area contributed by atoms with Crippen molar-refractivity contribution in [3.05, 3.63) is 22.2 Å². The molecule has 5 heteroatoms. The first-order valence-electron chi connectivity index (χ1n) is 7.19. The highest BCUT2D eigenvalue weighted by molar-refractivity contribution is 5.39. The van der Waals surface area contributed by atoms with E-state index in [4.69, 9.17) is 5.73 Å². The summed E-state index contributed by atoms with van der Waals surface area (Å²) in [6, 6.07) is 2.04. The Labute approximate surface area is 114 Å². The highest BCUT2D eigenvalue weighted by Crippen LogP contribution is 2.24. The Balaban J connectivity index is 2.30. The minimum absolute atomic E-state index is 0.0641. The molecule has 1 aromatic heterocycles. The number of nitrogens with two attached hydrogens (primary N) is 1. The molecular formula is C14H24N4O. The monoisotopic (exact) mass is 264 g/mol. The fourth-order valence-electron chi connectivity index (χ4n) is 2.68. The van der Waals surface area contributed by atoms with Gasteiger partial charge in [0.05, 0.1) is 0 Å². The van der Waals surface area contributed by atoms with Gasteiger partial charge in [0.25, 0.3) is 5.56 Å². The van der Waals surface area contributed by atoms with Crippen LogP contribution < -0.4 is 16.2 Å². The lowest BCUT2D eigenvalue weighted by Crippen LogP contribution is -2.42. The zero-order valence-electron chi connectivity index (χ0n) is 11.9. The van der Waals surface area contributed by atoms with Crippen molar-refractivity contribution in [3.8, 4) is 0 Å². The normalized spacial score (nSPS) is 20.0. The molecule has 0 spiro atoms. The van der Waals surface area contributed by atoms with E-state index in [1.54, 1.807) is 6.07 Å². The Hall–Kier alpha value is -1.36. The summed E-state index contributed by atoms with van der Waals surface area (Å²) in [7, 11) is 0.